The van der Waals surface area contributed by atoms with Gasteiger partial charge in [-0.3, -0.25) is 0 Å². The van der Waals surface area contributed by atoms with Gasteiger partial charge in [-0.25, -0.2) is 8.78 Å². The molecule has 0 spiro atoms. The Labute approximate surface area is 92.7 Å². The number of halogens is 3. The van der Waals surface area contributed by atoms with Crippen LogP contribution >= 0.6 is 12.4 Å². The van der Waals surface area contributed by atoms with E-state index in [4.69, 9.17) is 15.3 Å². The molecule has 3 nitrogen and oxygen atoms in total. The van der Waals surface area contributed by atoms with Crippen LogP contribution in [0.15, 0.2) is 10.5 Å². The summed E-state index contributed by atoms with van der Waals surface area (Å²) >= 11 is 0. The predicted octanol–water partition coefficient (Wildman–Crippen LogP) is 1.95. The molecule has 3 N–H and O–H groups in total. The standard InChI is InChI=1S/C9H13F2NO2.ClH/c1-5-3-7(14-6(5)2)8(12)9(10,11)4-13;/h3,8,13H,4,12H2,1-2H3;1H/t8-;/m0./s1. The van der Waals surface area contributed by atoms with Crippen molar-refractivity contribution >= 4 is 12.4 Å². The molecule has 6 heteroatoms. The Morgan fingerprint density at radius 1 is 1.53 bits per heavy atom. The highest BCUT2D eigenvalue weighted by Gasteiger charge is 2.39. The van der Waals surface area contributed by atoms with Crippen molar-refractivity contribution in [2.24, 2.45) is 5.73 Å². The molecule has 1 atom stereocenters. The number of alkyl halides is 2. The highest BCUT2D eigenvalue weighted by molar-refractivity contribution is 5.85. The molecule has 0 saturated heterocycles. The highest BCUT2D eigenvalue weighted by atomic mass is 35.5. The third-order valence-electron chi connectivity index (χ3n) is 2.16. The molecule has 1 aromatic rings. The average Bonchev–Trinajstić information content (AvgIpc) is 2.45. The molecule has 0 aliphatic rings. The maximum atomic E-state index is 12.9. The van der Waals surface area contributed by atoms with Gasteiger partial charge in [-0.15, -0.1) is 12.4 Å². The fourth-order valence-corrected chi connectivity index (χ4v) is 1.06. The highest BCUT2D eigenvalue weighted by Crippen LogP contribution is 2.30. The van der Waals surface area contributed by atoms with Crippen molar-refractivity contribution in [2.75, 3.05) is 6.61 Å². The van der Waals surface area contributed by atoms with E-state index >= 15 is 0 Å². The minimum absolute atomic E-state index is 0. The lowest BCUT2D eigenvalue weighted by atomic mass is 10.1. The molecule has 0 aromatic carbocycles. The van der Waals surface area contributed by atoms with E-state index in [1.165, 1.54) is 6.07 Å². The number of rotatable bonds is 3. The minimum Gasteiger partial charge on any atom is -0.464 e. The summed E-state index contributed by atoms with van der Waals surface area (Å²) in [6.45, 7) is 2.13. The number of furan rings is 1. The molecule has 0 bridgehead atoms. The second-order valence-corrected chi connectivity index (χ2v) is 3.28. The summed E-state index contributed by atoms with van der Waals surface area (Å²) in [4.78, 5) is 0. The van der Waals surface area contributed by atoms with Crippen molar-refractivity contribution in [2.45, 2.75) is 25.8 Å². The Bertz CT molecular complexity index is 308. The zero-order valence-electron chi connectivity index (χ0n) is 8.46. The molecule has 0 aliphatic heterocycles. The number of hydrogen-bond acceptors (Lipinski definition) is 3. The number of aliphatic hydroxyl groups excluding tert-OH is 1. The number of hydrogen-bond donors (Lipinski definition) is 2. The lowest BCUT2D eigenvalue weighted by molar-refractivity contribution is -0.0756. The molecule has 15 heavy (non-hydrogen) atoms. The van der Waals surface area contributed by atoms with Gasteiger partial charge in [0.25, 0.3) is 5.92 Å². The fraction of sp³-hybridized carbons (Fsp3) is 0.556. The van der Waals surface area contributed by atoms with Gasteiger partial charge in [0.15, 0.2) is 0 Å². The number of aliphatic hydroxyl groups is 1. The van der Waals surface area contributed by atoms with E-state index in [1.54, 1.807) is 13.8 Å². The van der Waals surface area contributed by atoms with Crippen LogP contribution in [0.2, 0.25) is 0 Å². The first-order valence-corrected chi connectivity index (χ1v) is 4.19. The Hall–Kier alpha value is -0.650. The van der Waals surface area contributed by atoms with Crippen molar-refractivity contribution < 1.29 is 18.3 Å². The van der Waals surface area contributed by atoms with Crippen LogP contribution in [-0.2, 0) is 0 Å². The van der Waals surface area contributed by atoms with Gasteiger partial charge in [-0.2, -0.15) is 0 Å². The van der Waals surface area contributed by atoms with Crippen LogP contribution in [0.25, 0.3) is 0 Å². The zero-order valence-corrected chi connectivity index (χ0v) is 9.28. The molecule has 0 amide bonds. The van der Waals surface area contributed by atoms with Crippen LogP contribution in [-0.4, -0.2) is 17.6 Å². The summed E-state index contributed by atoms with van der Waals surface area (Å²) in [6, 6.07) is -0.135. The second kappa shape index (κ2) is 4.92. The molecule has 0 aliphatic carbocycles. The van der Waals surface area contributed by atoms with Crippen LogP contribution in [0.1, 0.15) is 23.1 Å². The maximum Gasteiger partial charge on any atom is 0.292 e. The van der Waals surface area contributed by atoms with Crippen LogP contribution in [0.3, 0.4) is 0 Å². The summed E-state index contributed by atoms with van der Waals surface area (Å²) in [5, 5.41) is 8.43. The van der Waals surface area contributed by atoms with E-state index in [2.05, 4.69) is 0 Å². The third-order valence-corrected chi connectivity index (χ3v) is 2.16. The second-order valence-electron chi connectivity index (χ2n) is 3.28. The predicted molar refractivity (Wildman–Crippen MR) is 54.4 cm³/mol. The van der Waals surface area contributed by atoms with Gasteiger partial charge in [0.05, 0.1) is 0 Å². The van der Waals surface area contributed by atoms with Gasteiger partial charge in [0.2, 0.25) is 0 Å². The van der Waals surface area contributed by atoms with Crippen LogP contribution < -0.4 is 5.73 Å². The first kappa shape index (κ1) is 14.3. The zero-order chi connectivity index (χ0) is 10.9. The molecule has 0 unspecified atom stereocenters. The summed E-state index contributed by atoms with van der Waals surface area (Å²) < 4.78 is 30.9. The molecule has 1 heterocycles. The van der Waals surface area contributed by atoms with E-state index in [1.807, 2.05) is 0 Å². The summed E-state index contributed by atoms with van der Waals surface area (Å²) in [7, 11) is 0. The Kier molecular flexibility index (Phi) is 4.70. The van der Waals surface area contributed by atoms with E-state index in [0.717, 1.165) is 5.56 Å². The van der Waals surface area contributed by atoms with Crippen LogP contribution in [0.4, 0.5) is 8.78 Å². The van der Waals surface area contributed by atoms with Gasteiger partial charge >= 0.3 is 0 Å². The number of aryl methyl sites for hydroxylation is 2. The van der Waals surface area contributed by atoms with Gasteiger partial charge in [0, 0.05) is 0 Å². The summed E-state index contributed by atoms with van der Waals surface area (Å²) in [6.07, 6.45) is 0. The van der Waals surface area contributed by atoms with Crippen LogP contribution in [0, 0.1) is 13.8 Å². The quantitative estimate of drug-likeness (QED) is 0.850. The molecule has 0 saturated carbocycles. The van der Waals surface area contributed by atoms with Crippen molar-refractivity contribution in [3.8, 4) is 0 Å². The normalized spacial score (nSPS) is 13.5. The van der Waals surface area contributed by atoms with Gasteiger partial charge in [-0.1, -0.05) is 0 Å². The van der Waals surface area contributed by atoms with Gasteiger partial charge in [-0.05, 0) is 25.5 Å². The Balaban J connectivity index is 0.00000196. The average molecular weight is 242 g/mol. The fourth-order valence-electron chi connectivity index (χ4n) is 1.06. The Morgan fingerprint density at radius 3 is 2.40 bits per heavy atom. The smallest absolute Gasteiger partial charge is 0.292 e. The molecule has 1 rings (SSSR count). The van der Waals surface area contributed by atoms with Gasteiger partial charge in [0.1, 0.15) is 24.2 Å². The molecule has 1 aromatic heterocycles. The SMILES string of the molecule is Cc1cc([C@H](N)C(F)(F)CO)oc1C.Cl. The van der Waals surface area contributed by atoms with Crippen molar-refractivity contribution in [1.82, 2.24) is 0 Å². The monoisotopic (exact) mass is 241 g/mol. The van der Waals surface area contributed by atoms with Crippen molar-refractivity contribution in [3.05, 3.63) is 23.2 Å². The third kappa shape index (κ3) is 2.90. The first-order chi connectivity index (χ1) is 6.38. The molecule has 0 radical (unpaired) electrons. The topological polar surface area (TPSA) is 59.4 Å². The van der Waals surface area contributed by atoms with E-state index in [9.17, 15) is 8.78 Å². The number of nitrogens with two attached hydrogens (primary N) is 1. The van der Waals surface area contributed by atoms with E-state index < -0.39 is 18.6 Å². The van der Waals surface area contributed by atoms with Crippen LogP contribution in [0.5, 0.6) is 0 Å². The lowest BCUT2D eigenvalue weighted by Gasteiger charge is -2.18. The van der Waals surface area contributed by atoms with Crippen molar-refractivity contribution in [3.63, 3.8) is 0 Å². The lowest BCUT2D eigenvalue weighted by Crippen LogP contribution is -2.35. The maximum absolute atomic E-state index is 12.9. The summed E-state index contributed by atoms with van der Waals surface area (Å²) in [5.41, 5.74) is 6.03. The van der Waals surface area contributed by atoms with Crippen molar-refractivity contribution in [1.29, 1.82) is 0 Å². The molecule has 88 valence electrons. The largest absolute Gasteiger partial charge is 0.464 e. The van der Waals surface area contributed by atoms with E-state index in [0.29, 0.717) is 5.76 Å². The summed E-state index contributed by atoms with van der Waals surface area (Å²) in [5.74, 6) is -2.79. The van der Waals surface area contributed by atoms with Gasteiger partial charge < -0.3 is 15.3 Å². The molecular weight excluding hydrogens is 228 g/mol. The Morgan fingerprint density at radius 2 is 2.07 bits per heavy atom. The molecular formula is C9H14ClF2NO2. The van der Waals surface area contributed by atoms with E-state index in [-0.39, 0.29) is 18.2 Å². The molecule has 0 fully saturated rings. The first-order valence-electron chi connectivity index (χ1n) is 4.19. The minimum atomic E-state index is -3.35.